The highest BCUT2D eigenvalue weighted by Crippen LogP contribution is 2.36. The van der Waals surface area contributed by atoms with Gasteiger partial charge in [0.25, 0.3) is 0 Å². The molecule has 0 radical (unpaired) electrons. The predicted molar refractivity (Wildman–Crippen MR) is 101 cm³/mol. The van der Waals surface area contributed by atoms with Crippen LogP contribution in [0.1, 0.15) is 12.5 Å². The van der Waals surface area contributed by atoms with Crippen LogP contribution in [0.5, 0.6) is 11.5 Å². The van der Waals surface area contributed by atoms with Crippen molar-refractivity contribution in [3.8, 4) is 11.5 Å². The van der Waals surface area contributed by atoms with Crippen LogP contribution in [0.15, 0.2) is 18.2 Å². The lowest BCUT2D eigenvalue weighted by molar-refractivity contribution is -0.127. The summed E-state index contributed by atoms with van der Waals surface area (Å²) in [7, 11) is -0.196. The van der Waals surface area contributed by atoms with Gasteiger partial charge in [-0.05, 0) is 30.7 Å². The van der Waals surface area contributed by atoms with E-state index in [0.717, 1.165) is 0 Å². The summed E-state index contributed by atoms with van der Waals surface area (Å²) in [5.74, 6) is 0.807. The van der Waals surface area contributed by atoms with Crippen LogP contribution >= 0.6 is 11.6 Å². The van der Waals surface area contributed by atoms with Crippen molar-refractivity contribution < 1.29 is 22.7 Å². The molecule has 0 atom stereocenters. The Balaban J connectivity index is 2.04. The molecular formula is C17H23ClN2O5S. The molecule has 0 unspecified atom stereocenters. The molecule has 26 heavy (non-hydrogen) atoms. The molecule has 1 aliphatic heterocycles. The first-order chi connectivity index (χ1) is 12.3. The van der Waals surface area contributed by atoms with Crippen LogP contribution in [0.3, 0.4) is 0 Å². The average molecular weight is 403 g/mol. The van der Waals surface area contributed by atoms with E-state index >= 15 is 0 Å². The highest BCUT2D eigenvalue weighted by molar-refractivity contribution is 7.89. The number of benzene rings is 1. The summed E-state index contributed by atoms with van der Waals surface area (Å²) >= 11 is 6.15. The van der Waals surface area contributed by atoms with Crippen LogP contribution < -0.4 is 9.47 Å². The molecule has 9 heteroatoms. The van der Waals surface area contributed by atoms with Gasteiger partial charge in [-0.25, -0.2) is 8.42 Å². The summed E-state index contributed by atoms with van der Waals surface area (Å²) in [6, 6.07) is 3.40. The number of piperazine rings is 1. The van der Waals surface area contributed by atoms with Crippen LogP contribution in [-0.2, 0) is 14.8 Å². The summed E-state index contributed by atoms with van der Waals surface area (Å²) in [4.78, 5) is 14.0. The average Bonchev–Trinajstić information content (AvgIpc) is 2.65. The number of amides is 1. The number of nitrogens with zero attached hydrogens (tertiary/aromatic N) is 2. The SMILES string of the molecule is CCS(=O)(=O)N1CCN(C(=O)/C=C/c2cc(Cl)c(OC)c(OC)c2)CC1. The van der Waals surface area contributed by atoms with Gasteiger partial charge in [0.15, 0.2) is 11.5 Å². The summed E-state index contributed by atoms with van der Waals surface area (Å²) in [6.07, 6.45) is 3.09. The van der Waals surface area contributed by atoms with E-state index in [2.05, 4.69) is 0 Å². The normalized spacial score (nSPS) is 16.1. The highest BCUT2D eigenvalue weighted by Gasteiger charge is 2.26. The molecule has 1 amide bonds. The highest BCUT2D eigenvalue weighted by atomic mass is 35.5. The van der Waals surface area contributed by atoms with E-state index in [9.17, 15) is 13.2 Å². The number of hydrogen-bond donors (Lipinski definition) is 0. The second-order valence-electron chi connectivity index (χ2n) is 5.70. The molecule has 0 spiro atoms. The molecule has 0 saturated carbocycles. The van der Waals surface area contributed by atoms with Gasteiger partial charge in [0.05, 0.1) is 25.0 Å². The lowest BCUT2D eigenvalue weighted by Gasteiger charge is -2.33. The first-order valence-electron chi connectivity index (χ1n) is 8.18. The van der Waals surface area contributed by atoms with Gasteiger partial charge in [-0.15, -0.1) is 0 Å². The number of rotatable bonds is 6. The third-order valence-corrected chi connectivity index (χ3v) is 6.35. The van der Waals surface area contributed by atoms with Crippen LogP contribution in [0.25, 0.3) is 6.08 Å². The lowest BCUT2D eigenvalue weighted by atomic mass is 10.1. The van der Waals surface area contributed by atoms with Gasteiger partial charge in [0.1, 0.15) is 0 Å². The van der Waals surface area contributed by atoms with E-state index < -0.39 is 10.0 Å². The van der Waals surface area contributed by atoms with Crippen LogP contribution in [0, 0.1) is 0 Å². The monoisotopic (exact) mass is 402 g/mol. The van der Waals surface area contributed by atoms with E-state index in [4.69, 9.17) is 21.1 Å². The molecule has 0 bridgehead atoms. The fourth-order valence-electron chi connectivity index (χ4n) is 2.68. The second kappa shape index (κ2) is 8.75. The second-order valence-corrected chi connectivity index (χ2v) is 8.36. The Kier molecular flexibility index (Phi) is 6.91. The van der Waals surface area contributed by atoms with Crippen LogP contribution in [-0.4, -0.2) is 69.7 Å². The molecule has 1 aromatic carbocycles. The summed E-state index contributed by atoms with van der Waals surface area (Å²) in [5, 5.41) is 0.386. The predicted octanol–water partition coefficient (Wildman–Crippen LogP) is 1.86. The minimum atomic E-state index is -3.21. The van der Waals surface area contributed by atoms with E-state index in [-0.39, 0.29) is 11.7 Å². The van der Waals surface area contributed by atoms with Gasteiger partial charge < -0.3 is 14.4 Å². The zero-order chi connectivity index (χ0) is 19.3. The number of methoxy groups -OCH3 is 2. The standard InChI is InChI=1S/C17H23ClN2O5S/c1-4-26(22,23)20-9-7-19(8-10-20)16(21)6-5-13-11-14(18)17(25-3)15(12-13)24-2/h5-6,11-12H,4,7-10H2,1-3H3/b6-5+. The topological polar surface area (TPSA) is 76.2 Å². The number of carbonyl (C=O) groups excluding carboxylic acids is 1. The van der Waals surface area contributed by atoms with Crippen LogP contribution in [0.4, 0.5) is 0 Å². The van der Waals surface area contributed by atoms with Gasteiger partial charge in [0, 0.05) is 32.3 Å². The molecule has 0 aromatic heterocycles. The molecule has 0 aliphatic carbocycles. The largest absolute Gasteiger partial charge is 0.493 e. The Bertz CT molecular complexity index is 787. The maximum Gasteiger partial charge on any atom is 0.246 e. The van der Waals surface area contributed by atoms with Crippen molar-refractivity contribution in [2.24, 2.45) is 0 Å². The van der Waals surface area contributed by atoms with Crippen molar-refractivity contribution in [3.63, 3.8) is 0 Å². The molecule has 2 rings (SSSR count). The molecule has 1 saturated heterocycles. The van der Waals surface area contributed by atoms with Crippen molar-refractivity contribution in [3.05, 3.63) is 28.8 Å². The zero-order valence-corrected chi connectivity index (χ0v) is 16.6. The van der Waals surface area contributed by atoms with Crippen molar-refractivity contribution >= 4 is 33.6 Å². The Morgan fingerprint density at radius 2 is 1.85 bits per heavy atom. The quantitative estimate of drug-likeness (QED) is 0.679. The van der Waals surface area contributed by atoms with E-state index in [0.29, 0.717) is 48.3 Å². The lowest BCUT2D eigenvalue weighted by Crippen LogP contribution is -2.50. The van der Waals surface area contributed by atoms with E-state index in [1.54, 1.807) is 30.0 Å². The van der Waals surface area contributed by atoms with Crippen molar-refractivity contribution in [1.29, 1.82) is 0 Å². The fraction of sp³-hybridized carbons (Fsp3) is 0.471. The summed E-state index contributed by atoms with van der Waals surface area (Å²) < 4.78 is 35.6. The molecule has 144 valence electrons. The van der Waals surface area contributed by atoms with Crippen molar-refractivity contribution in [2.45, 2.75) is 6.92 Å². The summed E-state index contributed by atoms with van der Waals surface area (Å²) in [6.45, 7) is 2.99. The van der Waals surface area contributed by atoms with Crippen molar-refractivity contribution in [2.75, 3.05) is 46.2 Å². The molecule has 1 aliphatic rings. The van der Waals surface area contributed by atoms with Gasteiger partial charge in [-0.1, -0.05) is 11.6 Å². The Labute approximate surface area is 159 Å². The smallest absolute Gasteiger partial charge is 0.246 e. The number of hydrogen-bond acceptors (Lipinski definition) is 5. The first-order valence-corrected chi connectivity index (χ1v) is 10.2. The maximum absolute atomic E-state index is 12.3. The van der Waals surface area contributed by atoms with Gasteiger partial charge in [-0.2, -0.15) is 4.31 Å². The molecule has 7 nitrogen and oxygen atoms in total. The Morgan fingerprint density at radius 1 is 1.19 bits per heavy atom. The van der Waals surface area contributed by atoms with E-state index in [1.807, 2.05) is 0 Å². The maximum atomic E-state index is 12.3. The van der Waals surface area contributed by atoms with Gasteiger partial charge in [0.2, 0.25) is 15.9 Å². The Morgan fingerprint density at radius 3 is 2.38 bits per heavy atom. The molecule has 1 heterocycles. The molecule has 1 aromatic rings. The first kappa shape index (κ1) is 20.5. The molecule has 0 N–H and O–H groups in total. The van der Waals surface area contributed by atoms with Crippen LogP contribution in [0.2, 0.25) is 5.02 Å². The molecule has 1 fully saturated rings. The number of ether oxygens (including phenoxy) is 2. The third-order valence-electron chi connectivity index (χ3n) is 4.18. The third kappa shape index (κ3) is 4.69. The van der Waals surface area contributed by atoms with Gasteiger partial charge in [-0.3, -0.25) is 4.79 Å². The zero-order valence-electron chi connectivity index (χ0n) is 15.1. The Hall–Kier alpha value is -1.77. The fourth-order valence-corrected chi connectivity index (χ4v) is 4.06. The minimum absolute atomic E-state index is 0.0703. The minimum Gasteiger partial charge on any atom is -0.493 e. The van der Waals surface area contributed by atoms with Gasteiger partial charge >= 0.3 is 0 Å². The number of sulfonamides is 1. The summed E-state index contributed by atoms with van der Waals surface area (Å²) in [5.41, 5.74) is 0.702. The van der Waals surface area contributed by atoms with E-state index in [1.165, 1.54) is 24.6 Å². The molecular weight excluding hydrogens is 380 g/mol. The number of carbonyl (C=O) groups is 1. The van der Waals surface area contributed by atoms with Crippen molar-refractivity contribution in [1.82, 2.24) is 9.21 Å². The number of halogens is 1.